The average molecular weight is 382 g/mol. The number of rotatable bonds is 1. The van der Waals surface area contributed by atoms with Crippen LogP contribution in [0.5, 0.6) is 0 Å². The Bertz CT molecular complexity index is 1200. The van der Waals surface area contributed by atoms with Crippen LogP contribution in [0, 0.1) is 0 Å². The van der Waals surface area contributed by atoms with Gasteiger partial charge < -0.3 is 0 Å². The minimum absolute atomic E-state index is 0.0653. The van der Waals surface area contributed by atoms with Crippen LogP contribution in [-0.2, 0) is 11.2 Å². The van der Waals surface area contributed by atoms with E-state index in [9.17, 15) is 4.79 Å². The first kappa shape index (κ1) is 16.1. The third-order valence-corrected chi connectivity index (χ3v) is 6.89. The van der Waals surface area contributed by atoms with E-state index in [0.717, 1.165) is 23.7 Å². The predicted molar refractivity (Wildman–Crippen MR) is 115 cm³/mol. The molecule has 3 aliphatic rings. The van der Waals surface area contributed by atoms with Crippen LogP contribution in [-0.4, -0.2) is 21.7 Å². The van der Waals surface area contributed by atoms with Crippen LogP contribution in [0.1, 0.15) is 29.2 Å². The van der Waals surface area contributed by atoms with Gasteiger partial charge in [0.05, 0.1) is 17.5 Å². The molecule has 2 heterocycles. The minimum atomic E-state index is -0.0653. The number of hydrogen-bond donors (Lipinski definition) is 0. The summed E-state index contributed by atoms with van der Waals surface area (Å²) in [5.41, 5.74) is 6.13. The van der Waals surface area contributed by atoms with Gasteiger partial charge in [0.25, 0.3) is 0 Å². The van der Waals surface area contributed by atoms with Gasteiger partial charge in [0.2, 0.25) is 5.91 Å². The second-order valence-electron chi connectivity index (χ2n) is 7.45. The molecule has 6 rings (SSSR count). The number of carbonyl (C=O) groups excluding carboxylic acids is 1. The maximum absolute atomic E-state index is 12.9. The van der Waals surface area contributed by atoms with Gasteiger partial charge in [0.15, 0.2) is 5.17 Å². The van der Waals surface area contributed by atoms with Crippen molar-refractivity contribution in [2.45, 2.75) is 18.9 Å². The van der Waals surface area contributed by atoms with Gasteiger partial charge in [-0.3, -0.25) is 9.69 Å². The molecule has 0 saturated carbocycles. The molecule has 1 amide bonds. The van der Waals surface area contributed by atoms with E-state index in [1.807, 2.05) is 4.90 Å². The highest BCUT2D eigenvalue weighted by molar-refractivity contribution is 8.15. The van der Waals surface area contributed by atoms with Gasteiger partial charge in [-0.25, -0.2) is 4.99 Å². The zero-order chi connectivity index (χ0) is 18.7. The average Bonchev–Trinajstić information content (AvgIpc) is 3.12. The molecule has 136 valence electrons. The van der Waals surface area contributed by atoms with Crippen molar-refractivity contribution in [2.24, 2.45) is 4.99 Å². The van der Waals surface area contributed by atoms with E-state index in [1.165, 1.54) is 33.0 Å². The summed E-state index contributed by atoms with van der Waals surface area (Å²) in [5.74, 6) is 0.634. The molecule has 0 N–H and O–H groups in total. The molecule has 4 heteroatoms. The molecule has 1 fully saturated rings. The van der Waals surface area contributed by atoms with Crippen molar-refractivity contribution in [1.29, 1.82) is 0 Å². The number of hydrogen-bond acceptors (Lipinski definition) is 3. The molecule has 1 saturated heterocycles. The smallest absolute Gasteiger partial charge is 0.239 e. The fourth-order valence-electron chi connectivity index (χ4n) is 4.71. The zero-order valence-electron chi connectivity index (χ0n) is 15.3. The zero-order valence-corrected chi connectivity index (χ0v) is 16.1. The standard InChI is InChI=1S/C24H18N2OS/c27-21-14-28-24-25-22-18-10-4-2-7-16(18)12-13-20(22)23(26(21)24)19-11-5-8-15-6-1-3-9-17(15)19/h1-11,23H,12-14H2/t23-/m0/s1. The van der Waals surface area contributed by atoms with Gasteiger partial charge in [-0.2, -0.15) is 0 Å². The lowest BCUT2D eigenvalue weighted by molar-refractivity contribution is -0.125. The van der Waals surface area contributed by atoms with Crippen molar-refractivity contribution in [3.05, 3.63) is 89.0 Å². The normalized spacial score (nSPS) is 20.7. The molecule has 0 aromatic heterocycles. The number of nitrogens with zero attached hydrogens (tertiary/aromatic N) is 2. The Balaban J connectivity index is 1.64. The van der Waals surface area contributed by atoms with Crippen LogP contribution in [0.4, 0.5) is 0 Å². The molecule has 0 unspecified atom stereocenters. The summed E-state index contributed by atoms with van der Waals surface area (Å²) >= 11 is 1.56. The quantitative estimate of drug-likeness (QED) is 0.581. The summed E-state index contributed by atoms with van der Waals surface area (Å²) < 4.78 is 0. The molecule has 1 atom stereocenters. The Morgan fingerprint density at radius 2 is 1.75 bits per heavy atom. The Morgan fingerprint density at radius 1 is 0.929 bits per heavy atom. The number of amidine groups is 1. The van der Waals surface area contributed by atoms with E-state index in [0.29, 0.717) is 5.75 Å². The number of fused-ring (bicyclic) bond motifs is 4. The molecular formula is C24H18N2OS. The second-order valence-corrected chi connectivity index (χ2v) is 8.39. The lowest BCUT2D eigenvalue weighted by atomic mass is 9.81. The largest absolute Gasteiger partial charge is 0.279 e. The van der Waals surface area contributed by atoms with Crippen molar-refractivity contribution >= 4 is 39.3 Å². The van der Waals surface area contributed by atoms with Gasteiger partial charge >= 0.3 is 0 Å². The number of aryl methyl sites for hydroxylation is 1. The van der Waals surface area contributed by atoms with Crippen LogP contribution in [0.25, 0.3) is 16.5 Å². The van der Waals surface area contributed by atoms with E-state index in [2.05, 4.69) is 66.7 Å². The first-order valence-corrected chi connectivity index (χ1v) is 10.6. The van der Waals surface area contributed by atoms with Gasteiger partial charge in [0.1, 0.15) is 0 Å². The topological polar surface area (TPSA) is 32.7 Å². The first-order valence-electron chi connectivity index (χ1n) is 9.64. The first-order chi connectivity index (χ1) is 13.8. The Kier molecular flexibility index (Phi) is 3.50. The van der Waals surface area contributed by atoms with Crippen LogP contribution in [0.3, 0.4) is 0 Å². The van der Waals surface area contributed by atoms with Gasteiger partial charge in [-0.05, 0) is 40.3 Å². The lowest BCUT2D eigenvalue weighted by Crippen LogP contribution is -2.38. The second kappa shape index (κ2) is 6.08. The highest BCUT2D eigenvalue weighted by atomic mass is 32.2. The minimum Gasteiger partial charge on any atom is -0.279 e. The fourth-order valence-corrected chi connectivity index (χ4v) is 5.60. The molecule has 3 nitrogen and oxygen atoms in total. The summed E-state index contributed by atoms with van der Waals surface area (Å²) in [4.78, 5) is 19.8. The molecule has 28 heavy (non-hydrogen) atoms. The summed E-state index contributed by atoms with van der Waals surface area (Å²) in [6.07, 6.45) is 1.93. The lowest BCUT2D eigenvalue weighted by Gasteiger charge is -2.37. The number of thioether (sulfide) groups is 1. The van der Waals surface area contributed by atoms with Crippen LogP contribution in [0.15, 0.2) is 77.3 Å². The maximum atomic E-state index is 12.9. The molecule has 3 aromatic carbocycles. The van der Waals surface area contributed by atoms with E-state index < -0.39 is 0 Å². The highest BCUT2D eigenvalue weighted by Crippen LogP contribution is 2.48. The van der Waals surface area contributed by atoms with Crippen LogP contribution in [0.2, 0.25) is 0 Å². The van der Waals surface area contributed by atoms with E-state index in [-0.39, 0.29) is 11.9 Å². The maximum Gasteiger partial charge on any atom is 0.239 e. The molecule has 0 radical (unpaired) electrons. The van der Waals surface area contributed by atoms with E-state index in [1.54, 1.807) is 11.8 Å². The number of benzene rings is 3. The fraction of sp³-hybridized carbons (Fsp3) is 0.167. The number of aliphatic imine (C=N–C) groups is 1. The summed E-state index contributed by atoms with van der Waals surface area (Å²) in [6.45, 7) is 0. The molecular weight excluding hydrogens is 364 g/mol. The van der Waals surface area contributed by atoms with Gasteiger partial charge in [-0.1, -0.05) is 78.5 Å². The summed E-state index contributed by atoms with van der Waals surface area (Å²) in [6, 6.07) is 23.4. The molecule has 2 aliphatic heterocycles. The van der Waals surface area contributed by atoms with Crippen molar-refractivity contribution in [3.63, 3.8) is 0 Å². The molecule has 1 aliphatic carbocycles. The Morgan fingerprint density at radius 3 is 2.71 bits per heavy atom. The molecule has 0 spiro atoms. The van der Waals surface area contributed by atoms with Gasteiger partial charge in [-0.15, -0.1) is 0 Å². The predicted octanol–water partition coefficient (Wildman–Crippen LogP) is 5.18. The Labute approximate surface area is 167 Å². The van der Waals surface area contributed by atoms with E-state index >= 15 is 0 Å². The summed E-state index contributed by atoms with van der Waals surface area (Å²) in [5, 5.41) is 3.27. The van der Waals surface area contributed by atoms with Crippen molar-refractivity contribution < 1.29 is 4.79 Å². The highest BCUT2D eigenvalue weighted by Gasteiger charge is 2.42. The van der Waals surface area contributed by atoms with Crippen molar-refractivity contribution in [3.8, 4) is 0 Å². The van der Waals surface area contributed by atoms with Crippen LogP contribution < -0.4 is 0 Å². The number of carbonyl (C=O) groups is 1. The molecule has 3 aromatic rings. The third kappa shape index (κ3) is 2.24. The third-order valence-electron chi connectivity index (χ3n) is 5.95. The van der Waals surface area contributed by atoms with Crippen LogP contribution >= 0.6 is 11.8 Å². The number of amides is 1. The monoisotopic (exact) mass is 382 g/mol. The van der Waals surface area contributed by atoms with Crippen molar-refractivity contribution in [1.82, 2.24) is 4.90 Å². The SMILES string of the molecule is O=C1CSC2=NC3=C(CCc4ccccc43)[C@H](c3cccc4ccccc34)N12. The van der Waals surface area contributed by atoms with Crippen molar-refractivity contribution in [2.75, 3.05) is 5.75 Å². The molecule has 0 bridgehead atoms. The Hall–Kier alpha value is -2.85. The summed E-state index contributed by atoms with van der Waals surface area (Å²) in [7, 11) is 0. The van der Waals surface area contributed by atoms with Gasteiger partial charge in [0, 0.05) is 5.56 Å². The van der Waals surface area contributed by atoms with E-state index in [4.69, 9.17) is 4.99 Å².